The Labute approximate surface area is 177 Å². The zero-order valence-electron chi connectivity index (χ0n) is 16.3. The van der Waals surface area contributed by atoms with E-state index in [4.69, 9.17) is 5.73 Å². The molecule has 1 amide bonds. The molecule has 0 bridgehead atoms. The van der Waals surface area contributed by atoms with Gasteiger partial charge in [-0.3, -0.25) is 24.3 Å². The molecular weight excluding hydrogens is 404 g/mol. The van der Waals surface area contributed by atoms with E-state index >= 15 is 0 Å². The second-order valence-corrected chi connectivity index (χ2v) is 7.76. The summed E-state index contributed by atoms with van der Waals surface area (Å²) in [5.74, 6) is -0.0101. The van der Waals surface area contributed by atoms with E-state index in [2.05, 4.69) is 4.98 Å². The molecule has 8 nitrogen and oxygen atoms in total. The first-order valence-electron chi connectivity index (χ1n) is 9.60. The number of primary amides is 1. The molecule has 0 radical (unpaired) electrons. The van der Waals surface area contributed by atoms with Gasteiger partial charge in [-0.15, -0.1) is 0 Å². The highest BCUT2D eigenvalue weighted by Crippen LogP contribution is 2.27. The summed E-state index contributed by atoms with van der Waals surface area (Å²) in [6.45, 7) is 0.453. The van der Waals surface area contributed by atoms with Crippen LogP contribution in [0.5, 0.6) is 0 Å². The maximum absolute atomic E-state index is 13.0. The van der Waals surface area contributed by atoms with Crippen molar-refractivity contribution < 1.29 is 9.72 Å². The van der Waals surface area contributed by atoms with Crippen LogP contribution in [0.15, 0.2) is 58.5 Å². The van der Waals surface area contributed by atoms with Crippen LogP contribution in [-0.2, 0) is 17.1 Å². The molecule has 0 aliphatic rings. The Morgan fingerprint density at radius 1 is 1.10 bits per heavy atom. The van der Waals surface area contributed by atoms with Gasteiger partial charge >= 0.3 is 0 Å². The van der Waals surface area contributed by atoms with E-state index in [0.29, 0.717) is 53.2 Å². The quantitative estimate of drug-likeness (QED) is 0.174. The number of hydrogen-bond donors (Lipinski definition) is 1. The minimum Gasteiger partial charge on any atom is -0.370 e. The molecule has 0 aliphatic carbocycles. The molecule has 0 saturated heterocycles. The molecule has 30 heavy (non-hydrogen) atoms. The molecule has 2 aromatic carbocycles. The number of aromatic nitrogens is 2. The van der Waals surface area contributed by atoms with Gasteiger partial charge in [-0.05, 0) is 25.0 Å². The lowest BCUT2D eigenvalue weighted by Crippen LogP contribution is -2.23. The lowest BCUT2D eigenvalue weighted by molar-refractivity contribution is -0.385. The Bertz CT molecular complexity index is 1130. The van der Waals surface area contributed by atoms with Crippen molar-refractivity contribution in [3.05, 3.63) is 74.6 Å². The molecule has 2 N–H and O–H groups in total. The van der Waals surface area contributed by atoms with Crippen LogP contribution >= 0.6 is 11.8 Å². The van der Waals surface area contributed by atoms with Gasteiger partial charge in [-0.25, -0.2) is 4.98 Å². The topological polar surface area (TPSA) is 121 Å². The fraction of sp³-hybridized carbons (Fsp3) is 0.286. The van der Waals surface area contributed by atoms with Crippen LogP contribution in [0.25, 0.3) is 10.9 Å². The van der Waals surface area contributed by atoms with Gasteiger partial charge < -0.3 is 5.73 Å². The predicted octanol–water partition coefficient (Wildman–Crippen LogP) is 3.64. The Balaban J connectivity index is 1.85. The minimum atomic E-state index is -0.407. The summed E-state index contributed by atoms with van der Waals surface area (Å²) in [4.78, 5) is 39.4. The number of nitrogens with zero attached hydrogens (tertiary/aromatic N) is 3. The van der Waals surface area contributed by atoms with E-state index in [1.54, 1.807) is 41.0 Å². The van der Waals surface area contributed by atoms with Crippen LogP contribution in [0.1, 0.15) is 31.2 Å². The second kappa shape index (κ2) is 10.0. The third kappa shape index (κ3) is 5.24. The lowest BCUT2D eigenvalue weighted by Gasteiger charge is -2.13. The summed E-state index contributed by atoms with van der Waals surface area (Å²) < 4.78 is 1.62. The Hall–Kier alpha value is -3.20. The molecule has 9 heteroatoms. The molecule has 1 aromatic heterocycles. The van der Waals surface area contributed by atoms with Gasteiger partial charge in [0, 0.05) is 30.3 Å². The molecule has 3 aromatic rings. The number of carbonyl (C=O) groups excluding carboxylic acids is 1. The molecule has 0 unspecified atom stereocenters. The first-order chi connectivity index (χ1) is 14.5. The first kappa shape index (κ1) is 21.5. The average molecular weight is 426 g/mol. The summed E-state index contributed by atoms with van der Waals surface area (Å²) in [6.07, 6.45) is 2.46. The zero-order valence-corrected chi connectivity index (χ0v) is 17.1. The van der Waals surface area contributed by atoms with E-state index < -0.39 is 4.92 Å². The Morgan fingerprint density at radius 3 is 2.60 bits per heavy atom. The van der Waals surface area contributed by atoms with E-state index in [-0.39, 0.29) is 17.2 Å². The zero-order chi connectivity index (χ0) is 21.5. The third-order valence-electron chi connectivity index (χ3n) is 4.68. The summed E-state index contributed by atoms with van der Waals surface area (Å²) in [5.41, 5.74) is 6.25. The number of fused-ring (bicyclic) bond motifs is 1. The van der Waals surface area contributed by atoms with Crippen LogP contribution in [0, 0.1) is 10.1 Å². The highest BCUT2D eigenvalue weighted by Gasteiger charge is 2.16. The molecule has 1 heterocycles. The van der Waals surface area contributed by atoms with Crippen LogP contribution < -0.4 is 11.3 Å². The molecule has 0 fully saturated rings. The van der Waals surface area contributed by atoms with Gasteiger partial charge in [0.2, 0.25) is 5.91 Å². The molecule has 0 atom stereocenters. The number of rotatable bonds is 10. The first-order valence-corrected chi connectivity index (χ1v) is 10.6. The number of hydrogen-bond acceptors (Lipinski definition) is 6. The van der Waals surface area contributed by atoms with Crippen molar-refractivity contribution >= 4 is 34.3 Å². The summed E-state index contributed by atoms with van der Waals surface area (Å²) in [7, 11) is 0. The lowest BCUT2D eigenvalue weighted by atomic mass is 10.2. The van der Waals surface area contributed by atoms with Crippen LogP contribution in [0.3, 0.4) is 0 Å². The number of unbranched alkanes of at least 4 members (excludes halogenated alkanes) is 2. The predicted molar refractivity (Wildman–Crippen MR) is 116 cm³/mol. The number of thioether (sulfide) groups is 1. The summed E-state index contributed by atoms with van der Waals surface area (Å²) in [5, 5.41) is 12.3. The maximum Gasteiger partial charge on any atom is 0.273 e. The number of amides is 1. The highest BCUT2D eigenvalue weighted by atomic mass is 32.2. The number of benzene rings is 2. The Morgan fingerprint density at radius 2 is 1.83 bits per heavy atom. The average Bonchev–Trinajstić information content (AvgIpc) is 2.73. The van der Waals surface area contributed by atoms with Crippen molar-refractivity contribution in [1.82, 2.24) is 9.55 Å². The Kier molecular flexibility index (Phi) is 7.18. The van der Waals surface area contributed by atoms with E-state index in [1.807, 2.05) is 6.07 Å². The number of carbonyl (C=O) groups is 1. The normalized spacial score (nSPS) is 10.9. The van der Waals surface area contributed by atoms with Gasteiger partial charge in [0.25, 0.3) is 11.2 Å². The van der Waals surface area contributed by atoms with Crippen molar-refractivity contribution in [2.75, 3.05) is 0 Å². The smallest absolute Gasteiger partial charge is 0.273 e. The fourth-order valence-electron chi connectivity index (χ4n) is 3.15. The van der Waals surface area contributed by atoms with Gasteiger partial charge in [-0.1, -0.05) is 48.5 Å². The number of nitro groups is 1. The fourth-order valence-corrected chi connectivity index (χ4v) is 4.18. The van der Waals surface area contributed by atoms with Crippen molar-refractivity contribution in [3.63, 3.8) is 0 Å². The largest absolute Gasteiger partial charge is 0.370 e. The molecule has 156 valence electrons. The summed E-state index contributed by atoms with van der Waals surface area (Å²) in [6, 6.07) is 13.7. The van der Waals surface area contributed by atoms with Crippen LogP contribution in [0.4, 0.5) is 5.69 Å². The third-order valence-corrected chi connectivity index (χ3v) is 5.70. The van der Waals surface area contributed by atoms with E-state index in [0.717, 1.165) is 6.42 Å². The van der Waals surface area contributed by atoms with Crippen molar-refractivity contribution in [1.29, 1.82) is 0 Å². The van der Waals surface area contributed by atoms with E-state index in [9.17, 15) is 19.7 Å². The van der Waals surface area contributed by atoms with Gasteiger partial charge in [0.15, 0.2) is 5.16 Å². The minimum absolute atomic E-state index is 0.0473. The van der Waals surface area contributed by atoms with Crippen molar-refractivity contribution in [2.45, 2.75) is 43.1 Å². The highest BCUT2D eigenvalue weighted by molar-refractivity contribution is 7.98. The number of nitrogens with two attached hydrogens (primary N) is 1. The number of nitro benzene ring substituents is 1. The second-order valence-electron chi connectivity index (χ2n) is 6.82. The monoisotopic (exact) mass is 426 g/mol. The van der Waals surface area contributed by atoms with Gasteiger partial charge in [-0.2, -0.15) is 0 Å². The molecule has 0 saturated carbocycles. The van der Waals surface area contributed by atoms with E-state index in [1.165, 1.54) is 17.8 Å². The summed E-state index contributed by atoms with van der Waals surface area (Å²) >= 11 is 1.30. The standard InChI is InChI=1S/C21H22N4O4S/c22-19(26)12-2-1-7-13-24-20(27)16-9-4-5-10-17(16)23-21(24)30-14-15-8-3-6-11-18(15)25(28)29/h3-6,8-11H,1-2,7,12-14H2,(H2,22,26). The molecule has 3 rings (SSSR count). The molecule has 0 aliphatic heterocycles. The van der Waals surface area contributed by atoms with Crippen LogP contribution in [-0.4, -0.2) is 20.4 Å². The SMILES string of the molecule is NC(=O)CCCCCn1c(SCc2ccccc2[N+](=O)[O-])nc2ccccc2c1=O. The maximum atomic E-state index is 13.0. The van der Waals surface area contributed by atoms with Crippen molar-refractivity contribution in [2.24, 2.45) is 5.73 Å². The van der Waals surface area contributed by atoms with Gasteiger partial charge in [0.1, 0.15) is 0 Å². The molecular formula is C21H22N4O4S. The van der Waals surface area contributed by atoms with Crippen LogP contribution in [0.2, 0.25) is 0 Å². The van der Waals surface area contributed by atoms with Crippen molar-refractivity contribution in [3.8, 4) is 0 Å². The number of para-hydroxylation sites is 2. The van der Waals surface area contributed by atoms with Gasteiger partial charge in [0.05, 0.1) is 15.8 Å². The molecule has 0 spiro atoms.